The lowest BCUT2D eigenvalue weighted by molar-refractivity contribution is 0.202. The summed E-state index contributed by atoms with van der Waals surface area (Å²) in [5.41, 5.74) is 5.40. The van der Waals surface area contributed by atoms with Crippen LogP contribution in [-0.4, -0.2) is 27.2 Å². The van der Waals surface area contributed by atoms with Crippen molar-refractivity contribution in [2.75, 3.05) is 17.7 Å². The van der Waals surface area contributed by atoms with E-state index >= 15 is 0 Å². The average Bonchev–Trinajstić information content (AvgIpc) is 2.76. The smallest absolute Gasteiger partial charge is 0.223 e. The van der Waals surface area contributed by atoms with E-state index in [9.17, 15) is 5.11 Å². The molecule has 0 amide bonds. The minimum absolute atomic E-state index is 0.0640. The molecular weight excluding hydrogens is 260 g/mol. The number of nitrogens with one attached hydrogen (secondary N) is 1. The maximum absolute atomic E-state index is 9.65. The van der Waals surface area contributed by atoms with E-state index in [4.69, 9.17) is 5.73 Å². The van der Waals surface area contributed by atoms with Gasteiger partial charge in [-0.3, -0.25) is 0 Å². The molecule has 0 saturated carbocycles. The minimum Gasteiger partial charge on any atom is -0.394 e. The molecule has 0 atom stereocenters. The Kier molecular flexibility index (Phi) is 3.91. The van der Waals surface area contributed by atoms with Gasteiger partial charge in [0.05, 0.1) is 17.5 Å². The number of aryl methyl sites for hydroxylation is 1. The van der Waals surface area contributed by atoms with Crippen LogP contribution in [0.25, 0.3) is 10.2 Å². The molecule has 0 radical (unpaired) electrons. The van der Waals surface area contributed by atoms with Crippen LogP contribution in [0.2, 0.25) is 0 Å². The predicted molar refractivity (Wildman–Crippen MR) is 80.6 cm³/mol. The van der Waals surface area contributed by atoms with E-state index in [0.29, 0.717) is 5.82 Å². The lowest BCUT2D eigenvalue weighted by Crippen LogP contribution is -2.41. The van der Waals surface area contributed by atoms with Crippen molar-refractivity contribution in [1.82, 2.24) is 9.97 Å². The lowest BCUT2D eigenvalue weighted by atomic mass is 9.94. The normalized spacial score (nSPS) is 12.0. The molecule has 2 aromatic heterocycles. The van der Waals surface area contributed by atoms with Crippen LogP contribution < -0.4 is 11.1 Å². The number of hydrogen-bond acceptors (Lipinski definition) is 6. The van der Waals surface area contributed by atoms with E-state index in [1.165, 1.54) is 4.88 Å². The first-order chi connectivity index (χ1) is 9.03. The van der Waals surface area contributed by atoms with Crippen molar-refractivity contribution in [3.63, 3.8) is 0 Å². The van der Waals surface area contributed by atoms with Gasteiger partial charge in [0.15, 0.2) is 0 Å². The summed E-state index contributed by atoms with van der Waals surface area (Å²) in [6.07, 6.45) is 1.63. The maximum atomic E-state index is 9.65. The zero-order chi connectivity index (χ0) is 14.0. The molecule has 0 bridgehead atoms. The summed E-state index contributed by atoms with van der Waals surface area (Å²) < 4.78 is 0. The third kappa shape index (κ3) is 2.64. The maximum Gasteiger partial charge on any atom is 0.223 e. The van der Waals surface area contributed by atoms with Gasteiger partial charge in [-0.15, -0.1) is 11.3 Å². The van der Waals surface area contributed by atoms with Gasteiger partial charge in [0.25, 0.3) is 0 Å². The highest BCUT2D eigenvalue weighted by atomic mass is 32.1. The van der Waals surface area contributed by atoms with E-state index in [1.807, 2.05) is 20.8 Å². The topological polar surface area (TPSA) is 84.1 Å². The highest BCUT2D eigenvalue weighted by molar-refractivity contribution is 7.18. The number of nitrogens with two attached hydrogens (primary N) is 1. The van der Waals surface area contributed by atoms with Crippen LogP contribution in [0.1, 0.15) is 31.6 Å². The van der Waals surface area contributed by atoms with Gasteiger partial charge in [-0.05, 0) is 25.8 Å². The summed E-state index contributed by atoms with van der Waals surface area (Å²) in [6, 6.07) is 2.05. The Balaban J connectivity index is 2.49. The van der Waals surface area contributed by atoms with E-state index < -0.39 is 0 Å². The third-order valence-corrected chi connectivity index (χ3v) is 4.52. The van der Waals surface area contributed by atoms with Crippen molar-refractivity contribution in [3.8, 4) is 0 Å². The standard InChI is InChI=1S/C13H20N4OS/c1-4-13(5-2,7-18)17-10-9-6-8(3)19-11(9)16-12(14)15-10/h6,18H,4-5,7H2,1-3H3,(H3,14,15,16,17). The van der Waals surface area contributed by atoms with Crippen molar-refractivity contribution in [3.05, 3.63) is 10.9 Å². The Morgan fingerprint density at radius 3 is 2.63 bits per heavy atom. The monoisotopic (exact) mass is 280 g/mol. The fourth-order valence-electron chi connectivity index (χ4n) is 2.09. The summed E-state index contributed by atoms with van der Waals surface area (Å²) in [7, 11) is 0. The number of rotatable bonds is 5. The molecule has 0 aliphatic rings. The molecule has 19 heavy (non-hydrogen) atoms. The van der Waals surface area contributed by atoms with Gasteiger partial charge in [0.1, 0.15) is 10.6 Å². The van der Waals surface area contributed by atoms with Crippen molar-refractivity contribution in [2.45, 2.75) is 39.2 Å². The average molecular weight is 280 g/mol. The Morgan fingerprint density at radius 1 is 1.37 bits per heavy atom. The SMILES string of the molecule is CCC(CC)(CO)Nc1nc(N)nc2sc(C)cc12. The van der Waals surface area contributed by atoms with Gasteiger partial charge in [-0.2, -0.15) is 4.98 Å². The fourth-order valence-corrected chi connectivity index (χ4v) is 2.98. The van der Waals surface area contributed by atoms with Gasteiger partial charge in [-0.25, -0.2) is 4.98 Å². The first-order valence-corrected chi connectivity index (χ1v) is 7.28. The molecule has 6 heteroatoms. The Morgan fingerprint density at radius 2 is 2.05 bits per heavy atom. The molecule has 0 saturated heterocycles. The van der Waals surface area contributed by atoms with Crippen molar-refractivity contribution in [2.24, 2.45) is 0 Å². The van der Waals surface area contributed by atoms with Crippen LogP contribution >= 0.6 is 11.3 Å². The highest BCUT2D eigenvalue weighted by Gasteiger charge is 2.26. The van der Waals surface area contributed by atoms with Crippen LogP contribution in [0.3, 0.4) is 0 Å². The van der Waals surface area contributed by atoms with Crippen LogP contribution in [0.4, 0.5) is 11.8 Å². The van der Waals surface area contributed by atoms with Gasteiger partial charge >= 0.3 is 0 Å². The molecule has 0 fully saturated rings. The quantitative estimate of drug-likeness (QED) is 0.784. The van der Waals surface area contributed by atoms with Crippen molar-refractivity contribution < 1.29 is 5.11 Å². The van der Waals surface area contributed by atoms with Crippen LogP contribution in [0, 0.1) is 6.92 Å². The van der Waals surface area contributed by atoms with Crippen molar-refractivity contribution in [1.29, 1.82) is 0 Å². The van der Waals surface area contributed by atoms with Gasteiger partial charge in [0, 0.05) is 4.88 Å². The molecule has 4 N–H and O–H groups in total. The Bertz CT molecular complexity index is 569. The number of nitrogens with zero attached hydrogens (tertiary/aromatic N) is 2. The second-order valence-corrected chi connectivity index (χ2v) is 6.01. The van der Waals surface area contributed by atoms with Crippen LogP contribution in [0.15, 0.2) is 6.07 Å². The van der Waals surface area contributed by atoms with E-state index in [-0.39, 0.29) is 18.1 Å². The molecule has 2 aromatic rings. The molecular formula is C13H20N4OS. The summed E-state index contributed by atoms with van der Waals surface area (Å²) >= 11 is 1.60. The number of aliphatic hydroxyl groups excluding tert-OH is 1. The minimum atomic E-state index is -0.358. The molecule has 0 spiro atoms. The van der Waals surface area contributed by atoms with Gasteiger partial charge < -0.3 is 16.2 Å². The molecule has 104 valence electrons. The number of aliphatic hydroxyl groups is 1. The summed E-state index contributed by atoms with van der Waals surface area (Å²) in [5.74, 6) is 0.973. The molecule has 2 heterocycles. The molecule has 0 aliphatic carbocycles. The second kappa shape index (κ2) is 5.30. The van der Waals surface area contributed by atoms with Gasteiger partial charge in [0.2, 0.25) is 5.95 Å². The Hall–Kier alpha value is -1.40. The number of hydrogen-bond donors (Lipinski definition) is 3. The van der Waals surface area contributed by atoms with Crippen LogP contribution in [-0.2, 0) is 0 Å². The zero-order valence-corrected chi connectivity index (χ0v) is 12.3. The molecule has 2 rings (SSSR count). The van der Waals surface area contributed by atoms with E-state index in [0.717, 1.165) is 23.1 Å². The molecule has 0 aromatic carbocycles. The largest absolute Gasteiger partial charge is 0.394 e. The summed E-state index contributed by atoms with van der Waals surface area (Å²) in [5, 5.41) is 14.0. The summed E-state index contributed by atoms with van der Waals surface area (Å²) in [6.45, 7) is 6.19. The molecule has 0 unspecified atom stereocenters. The van der Waals surface area contributed by atoms with E-state index in [2.05, 4.69) is 21.4 Å². The molecule has 0 aliphatic heterocycles. The highest BCUT2D eigenvalue weighted by Crippen LogP contribution is 2.31. The number of thiophene rings is 1. The Labute approximate surface area is 116 Å². The summed E-state index contributed by atoms with van der Waals surface area (Å²) in [4.78, 5) is 10.6. The third-order valence-electron chi connectivity index (χ3n) is 3.57. The zero-order valence-electron chi connectivity index (χ0n) is 11.5. The van der Waals surface area contributed by atoms with Crippen molar-refractivity contribution >= 4 is 33.3 Å². The lowest BCUT2D eigenvalue weighted by Gasteiger charge is -2.31. The number of fused-ring (bicyclic) bond motifs is 1. The van der Waals surface area contributed by atoms with E-state index in [1.54, 1.807) is 11.3 Å². The fraction of sp³-hybridized carbons (Fsp3) is 0.538. The molecule has 5 nitrogen and oxygen atoms in total. The second-order valence-electron chi connectivity index (χ2n) is 4.78. The van der Waals surface area contributed by atoms with Gasteiger partial charge in [-0.1, -0.05) is 13.8 Å². The number of anilines is 2. The van der Waals surface area contributed by atoms with Crippen LogP contribution in [0.5, 0.6) is 0 Å². The number of nitrogen functional groups attached to an aromatic ring is 1. The predicted octanol–water partition coefficient (Wildman–Crippen LogP) is 2.54. The first kappa shape index (κ1) is 14.0. The number of aromatic nitrogens is 2. The first-order valence-electron chi connectivity index (χ1n) is 6.46.